The molecular weight excluding hydrogens is 178 g/mol. The molecule has 74 valence electrons. The predicted octanol–water partition coefficient (Wildman–Crippen LogP) is 1.23. The van der Waals surface area contributed by atoms with E-state index in [9.17, 15) is 0 Å². The molecule has 1 N–H and O–H groups in total. The van der Waals surface area contributed by atoms with E-state index in [1.165, 1.54) is 0 Å². The molecule has 4 heteroatoms. The van der Waals surface area contributed by atoms with Gasteiger partial charge < -0.3 is 10.1 Å². The van der Waals surface area contributed by atoms with Crippen LogP contribution in [-0.2, 0) is 0 Å². The maximum Gasteiger partial charge on any atom is 0.218 e. The summed E-state index contributed by atoms with van der Waals surface area (Å²) in [6, 6.07) is 1.74. The molecule has 0 atom stereocenters. The van der Waals surface area contributed by atoms with Crippen molar-refractivity contribution in [2.75, 3.05) is 19.0 Å². The van der Waals surface area contributed by atoms with E-state index >= 15 is 0 Å². The third kappa shape index (κ3) is 2.94. The van der Waals surface area contributed by atoms with Gasteiger partial charge in [0.05, 0.1) is 7.11 Å². The number of rotatable bonds is 4. The molecule has 1 aromatic heterocycles. The third-order valence-corrected chi connectivity index (χ3v) is 1.60. The number of hydrogen-bond donors (Lipinski definition) is 1. The van der Waals surface area contributed by atoms with Crippen molar-refractivity contribution in [2.24, 2.45) is 0 Å². The van der Waals surface area contributed by atoms with Crippen molar-refractivity contribution in [2.45, 2.75) is 13.3 Å². The fourth-order valence-electron chi connectivity index (χ4n) is 0.998. The third-order valence-electron chi connectivity index (χ3n) is 1.60. The Morgan fingerprint density at radius 1 is 1.57 bits per heavy atom. The molecule has 0 unspecified atom stereocenters. The van der Waals surface area contributed by atoms with Crippen LogP contribution in [0.15, 0.2) is 6.07 Å². The van der Waals surface area contributed by atoms with E-state index < -0.39 is 0 Å². The predicted molar refractivity (Wildman–Crippen MR) is 55.3 cm³/mol. The van der Waals surface area contributed by atoms with Crippen molar-refractivity contribution < 1.29 is 4.74 Å². The van der Waals surface area contributed by atoms with Crippen molar-refractivity contribution in [3.63, 3.8) is 0 Å². The van der Waals surface area contributed by atoms with E-state index in [2.05, 4.69) is 21.2 Å². The van der Waals surface area contributed by atoms with Gasteiger partial charge in [0.2, 0.25) is 5.88 Å². The Hall–Kier alpha value is -1.76. The maximum absolute atomic E-state index is 5.13. The molecule has 0 saturated heterocycles. The highest BCUT2D eigenvalue weighted by molar-refractivity contribution is 5.38. The Balaban J connectivity index is 2.67. The molecule has 0 saturated carbocycles. The first-order chi connectivity index (χ1) is 6.76. The van der Waals surface area contributed by atoms with E-state index in [-0.39, 0.29) is 0 Å². The van der Waals surface area contributed by atoms with E-state index in [0.29, 0.717) is 24.7 Å². The van der Waals surface area contributed by atoms with Gasteiger partial charge in [-0.1, -0.05) is 0 Å². The van der Waals surface area contributed by atoms with Gasteiger partial charge in [0.15, 0.2) is 0 Å². The Labute approximate surface area is 83.7 Å². The molecule has 1 rings (SSSR count). The summed E-state index contributed by atoms with van der Waals surface area (Å²) in [7, 11) is 1.58. The van der Waals surface area contributed by atoms with Gasteiger partial charge in [-0.15, -0.1) is 12.3 Å². The number of hydrogen-bond acceptors (Lipinski definition) is 4. The lowest BCUT2D eigenvalue weighted by molar-refractivity contribution is 0.396. The smallest absolute Gasteiger partial charge is 0.218 e. The minimum atomic E-state index is 0.556. The first-order valence-corrected chi connectivity index (χ1v) is 4.33. The number of terminal acetylenes is 1. The van der Waals surface area contributed by atoms with Crippen molar-refractivity contribution in [1.29, 1.82) is 0 Å². The van der Waals surface area contributed by atoms with E-state index in [1.54, 1.807) is 13.2 Å². The zero-order chi connectivity index (χ0) is 10.4. The number of ether oxygens (including phenoxy) is 1. The topological polar surface area (TPSA) is 47.0 Å². The normalized spacial score (nSPS) is 9.21. The number of aryl methyl sites for hydroxylation is 1. The Bertz CT molecular complexity index is 344. The summed E-state index contributed by atoms with van der Waals surface area (Å²) in [4.78, 5) is 8.25. The molecule has 1 heterocycles. The van der Waals surface area contributed by atoms with Crippen LogP contribution in [0.4, 0.5) is 5.82 Å². The minimum Gasteiger partial charge on any atom is -0.481 e. The summed E-state index contributed by atoms with van der Waals surface area (Å²) in [5, 5.41) is 3.09. The highest BCUT2D eigenvalue weighted by Crippen LogP contribution is 2.12. The zero-order valence-corrected chi connectivity index (χ0v) is 8.37. The first kappa shape index (κ1) is 10.3. The number of methoxy groups -OCH3 is 1. The van der Waals surface area contributed by atoms with Crippen LogP contribution in [0.3, 0.4) is 0 Å². The molecule has 0 aromatic carbocycles. The van der Waals surface area contributed by atoms with Crippen molar-refractivity contribution in [3.05, 3.63) is 11.9 Å². The second-order valence-corrected chi connectivity index (χ2v) is 2.72. The molecule has 0 spiro atoms. The molecule has 0 radical (unpaired) electrons. The second kappa shape index (κ2) is 5.07. The zero-order valence-electron chi connectivity index (χ0n) is 8.37. The molecular formula is C10H13N3O. The SMILES string of the molecule is C#CCCNc1cc(OC)nc(C)n1. The van der Waals surface area contributed by atoms with E-state index in [4.69, 9.17) is 11.2 Å². The number of anilines is 1. The van der Waals surface area contributed by atoms with Gasteiger partial charge in [-0.05, 0) is 6.92 Å². The standard InChI is InChI=1S/C10H13N3O/c1-4-5-6-11-9-7-10(14-3)13-8(2)12-9/h1,7H,5-6H2,2-3H3,(H,11,12,13). The van der Waals surface area contributed by atoms with Gasteiger partial charge in [0.25, 0.3) is 0 Å². The van der Waals surface area contributed by atoms with Gasteiger partial charge in [0, 0.05) is 19.0 Å². The molecule has 4 nitrogen and oxygen atoms in total. The highest BCUT2D eigenvalue weighted by Gasteiger charge is 2.00. The van der Waals surface area contributed by atoms with Crippen molar-refractivity contribution in [1.82, 2.24) is 9.97 Å². The molecule has 0 fully saturated rings. The second-order valence-electron chi connectivity index (χ2n) is 2.72. The molecule has 0 aliphatic rings. The molecule has 1 aromatic rings. The van der Waals surface area contributed by atoms with Gasteiger partial charge in [-0.2, -0.15) is 4.98 Å². The molecule has 0 amide bonds. The summed E-state index contributed by atoms with van der Waals surface area (Å²) in [6.07, 6.45) is 5.80. The summed E-state index contributed by atoms with van der Waals surface area (Å²) in [5.41, 5.74) is 0. The maximum atomic E-state index is 5.13. The van der Waals surface area contributed by atoms with Crippen molar-refractivity contribution >= 4 is 5.82 Å². The van der Waals surface area contributed by atoms with Gasteiger partial charge >= 0.3 is 0 Å². The Kier molecular flexibility index (Phi) is 3.74. The quantitative estimate of drug-likeness (QED) is 0.574. The van der Waals surface area contributed by atoms with Crippen LogP contribution in [0, 0.1) is 19.3 Å². The summed E-state index contributed by atoms with van der Waals surface area (Å²) >= 11 is 0. The van der Waals surface area contributed by atoms with Crippen LogP contribution in [0.1, 0.15) is 12.2 Å². The number of nitrogens with one attached hydrogen (secondary N) is 1. The van der Waals surface area contributed by atoms with Gasteiger partial charge in [-0.3, -0.25) is 0 Å². The highest BCUT2D eigenvalue weighted by atomic mass is 16.5. The van der Waals surface area contributed by atoms with Crippen LogP contribution in [-0.4, -0.2) is 23.6 Å². The van der Waals surface area contributed by atoms with E-state index in [1.807, 2.05) is 6.92 Å². The average molecular weight is 191 g/mol. The number of nitrogens with zero attached hydrogens (tertiary/aromatic N) is 2. The van der Waals surface area contributed by atoms with Gasteiger partial charge in [-0.25, -0.2) is 4.98 Å². The molecule has 14 heavy (non-hydrogen) atoms. The van der Waals surface area contributed by atoms with Crippen LogP contribution in [0.25, 0.3) is 0 Å². The van der Waals surface area contributed by atoms with Crippen LogP contribution < -0.4 is 10.1 Å². The lowest BCUT2D eigenvalue weighted by atomic mass is 10.4. The minimum absolute atomic E-state index is 0.556. The molecule has 0 bridgehead atoms. The molecule has 0 aliphatic heterocycles. The Morgan fingerprint density at radius 2 is 2.36 bits per heavy atom. The summed E-state index contributed by atoms with van der Waals surface area (Å²) in [5.74, 6) is 4.51. The lowest BCUT2D eigenvalue weighted by Crippen LogP contribution is -2.04. The van der Waals surface area contributed by atoms with Crippen molar-refractivity contribution in [3.8, 4) is 18.2 Å². The lowest BCUT2D eigenvalue weighted by Gasteiger charge is -2.05. The fraction of sp³-hybridized carbons (Fsp3) is 0.400. The first-order valence-electron chi connectivity index (χ1n) is 4.33. The Morgan fingerprint density at radius 3 is 3.00 bits per heavy atom. The van der Waals surface area contributed by atoms with Gasteiger partial charge in [0.1, 0.15) is 11.6 Å². The average Bonchev–Trinajstić information content (AvgIpc) is 2.17. The fourth-order valence-corrected chi connectivity index (χ4v) is 0.998. The van der Waals surface area contributed by atoms with Crippen LogP contribution in [0.2, 0.25) is 0 Å². The van der Waals surface area contributed by atoms with Crippen LogP contribution in [0.5, 0.6) is 5.88 Å². The van der Waals surface area contributed by atoms with E-state index in [0.717, 1.165) is 5.82 Å². The number of aromatic nitrogens is 2. The summed E-state index contributed by atoms with van der Waals surface area (Å²) < 4.78 is 5.01. The van der Waals surface area contributed by atoms with Crippen LogP contribution >= 0.6 is 0 Å². The largest absolute Gasteiger partial charge is 0.481 e. The monoisotopic (exact) mass is 191 g/mol. The summed E-state index contributed by atoms with van der Waals surface area (Å²) in [6.45, 7) is 2.52. The molecule has 0 aliphatic carbocycles.